The van der Waals surface area contributed by atoms with Crippen molar-refractivity contribution in [3.63, 3.8) is 0 Å². The first-order valence-corrected chi connectivity index (χ1v) is 8.81. The zero-order valence-corrected chi connectivity index (χ0v) is 15.1. The van der Waals surface area contributed by atoms with E-state index in [1.54, 1.807) is 13.0 Å². The van der Waals surface area contributed by atoms with E-state index in [9.17, 15) is 26.4 Å². The van der Waals surface area contributed by atoms with Gasteiger partial charge in [0.15, 0.2) is 0 Å². The van der Waals surface area contributed by atoms with Crippen LogP contribution in [-0.2, 0) is 14.8 Å². The molecule has 0 spiro atoms. The number of hydrogen-bond donors (Lipinski definition) is 0. The summed E-state index contributed by atoms with van der Waals surface area (Å²) < 4.78 is 63.4. The molecule has 0 N–H and O–H groups in total. The molecule has 0 fully saturated rings. The van der Waals surface area contributed by atoms with Crippen LogP contribution in [0.25, 0.3) is 0 Å². The first-order valence-electron chi connectivity index (χ1n) is 7.37. The maximum absolute atomic E-state index is 12.5. The molecule has 0 saturated heterocycles. The van der Waals surface area contributed by atoms with E-state index in [2.05, 4.69) is 6.58 Å². The zero-order valence-electron chi connectivity index (χ0n) is 14.3. The third-order valence-corrected chi connectivity index (χ3v) is 5.42. The van der Waals surface area contributed by atoms with Crippen LogP contribution in [0.15, 0.2) is 35.7 Å². The second-order valence-corrected chi connectivity index (χ2v) is 7.73. The average Bonchev–Trinajstić information content (AvgIpc) is 2.48. The molecule has 0 heterocycles. The van der Waals surface area contributed by atoms with E-state index >= 15 is 0 Å². The predicted octanol–water partition coefficient (Wildman–Crippen LogP) is 2.50. The molecular formula is C16H21F3N2O3S. The number of alkyl halides is 3. The lowest BCUT2D eigenvalue weighted by atomic mass is 10.1. The summed E-state index contributed by atoms with van der Waals surface area (Å²) in [6.07, 6.45) is -3.42. The molecule has 5 nitrogen and oxygen atoms in total. The van der Waals surface area contributed by atoms with Crippen molar-refractivity contribution < 1.29 is 26.4 Å². The SMILES string of the molecule is C=CCN(CC(F)(F)F)C(=O)CN(C)S(=O)(=O)c1ccc(C)c(C)c1. The summed E-state index contributed by atoms with van der Waals surface area (Å²) in [6, 6.07) is 4.49. The van der Waals surface area contributed by atoms with E-state index in [1.807, 2.05) is 6.92 Å². The van der Waals surface area contributed by atoms with E-state index < -0.39 is 35.2 Å². The fraction of sp³-hybridized carbons (Fsp3) is 0.438. The summed E-state index contributed by atoms with van der Waals surface area (Å²) in [5, 5.41) is 0. The lowest BCUT2D eigenvalue weighted by Gasteiger charge is -2.25. The summed E-state index contributed by atoms with van der Waals surface area (Å²) in [5.41, 5.74) is 1.66. The topological polar surface area (TPSA) is 57.7 Å². The average molecular weight is 378 g/mol. The number of likely N-dealkylation sites (N-methyl/N-ethyl adjacent to an activating group) is 1. The number of benzene rings is 1. The monoisotopic (exact) mass is 378 g/mol. The Bertz CT molecular complexity index is 745. The Morgan fingerprint density at radius 2 is 1.84 bits per heavy atom. The first kappa shape index (κ1) is 21.2. The third-order valence-electron chi connectivity index (χ3n) is 3.62. The molecular weight excluding hydrogens is 357 g/mol. The van der Waals surface area contributed by atoms with Crippen molar-refractivity contribution in [3.05, 3.63) is 42.0 Å². The highest BCUT2D eigenvalue weighted by Gasteiger charge is 2.34. The molecule has 1 aromatic rings. The maximum atomic E-state index is 12.5. The summed E-state index contributed by atoms with van der Waals surface area (Å²) in [6.45, 7) is 4.40. The fourth-order valence-electron chi connectivity index (χ4n) is 2.06. The Hall–Kier alpha value is -1.87. The van der Waals surface area contributed by atoms with Crippen molar-refractivity contribution in [1.82, 2.24) is 9.21 Å². The van der Waals surface area contributed by atoms with Gasteiger partial charge >= 0.3 is 6.18 Å². The van der Waals surface area contributed by atoms with Crippen molar-refractivity contribution in [2.45, 2.75) is 24.9 Å². The number of sulfonamides is 1. The molecule has 0 radical (unpaired) electrons. The van der Waals surface area contributed by atoms with Crippen LogP contribution in [0.1, 0.15) is 11.1 Å². The zero-order chi connectivity index (χ0) is 19.4. The molecule has 0 aliphatic rings. The van der Waals surface area contributed by atoms with E-state index in [4.69, 9.17) is 0 Å². The predicted molar refractivity (Wildman–Crippen MR) is 88.6 cm³/mol. The minimum atomic E-state index is -4.58. The van der Waals surface area contributed by atoms with Gasteiger partial charge in [-0.1, -0.05) is 12.1 Å². The highest BCUT2D eigenvalue weighted by molar-refractivity contribution is 7.89. The van der Waals surface area contributed by atoms with Crippen molar-refractivity contribution in [1.29, 1.82) is 0 Å². The molecule has 0 aromatic heterocycles. The molecule has 0 unspecified atom stereocenters. The summed E-state index contributed by atoms with van der Waals surface area (Å²) in [7, 11) is -2.83. The molecule has 25 heavy (non-hydrogen) atoms. The molecule has 1 amide bonds. The molecule has 140 valence electrons. The van der Waals surface area contributed by atoms with Crippen LogP contribution in [0.5, 0.6) is 0 Å². The van der Waals surface area contributed by atoms with Crippen LogP contribution in [0.4, 0.5) is 13.2 Å². The molecule has 0 saturated carbocycles. The van der Waals surface area contributed by atoms with Gasteiger partial charge < -0.3 is 4.90 Å². The van der Waals surface area contributed by atoms with Crippen molar-refractivity contribution in [3.8, 4) is 0 Å². The van der Waals surface area contributed by atoms with Crippen molar-refractivity contribution >= 4 is 15.9 Å². The molecule has 0 bridgehead atoms. The van der Waals surface area contributed by atoms with Gasteiger partial charge in [0, 0.05) is 13.6 Å². The van der Waals surface area contributed by atoms with Gasteiger partial charge in [-0.05, 0) is 37.1 Å². The number of aryl methyl sites for hydroxylation is 2. The number of carbonyl (C=O) groups is 1. The first-order chi connectivity index (χ1) is 11.4. The standard InChI is InChI=1S/C16H21F3N2O3S/c1-5-8-21(11-16(17,18)19)15(22)10-20(4)25(23,24)14-7-6-12(2)13(3)9-14/h5-7,9H,1,8,10-11H2,2-4H3. The molecule has 1 aromatic carbocycles. The van der Waals surface area contributed by atoms with Crippen LogP contribution in [0.2, 0.25) is 0 Å². The molecule has 0 aliphatic carbocycles. The van der Waals surface area contributed by atoms with Crippen LogP contribution >= 0.6 is 0 Å². The Balaban J connectivity index is 2.97. The van der Waals surface area contributed by atoms with E-state index in [0.717, 1.165) is 28.6 Å². The lowest BCUT2D eigenvalue weighted by molar-refractivity contribution is -0.160. The molecule has 9 heteroatoms. The van der Waals surface area contributed by atoms with Crippen LogP contribution in [0.3, 0.4) is 0 Å². The number of halogens is 3. The Morgan fingerprint density at radius 1 is 1.24 bits per heavy atom. The van der Waals surface area contributed by atoms with Gasteiger partial charge in [0.05, 0.1) is 11.4 Å². The van der Waals surface area contributed by atoms with Crippen molar-refractivity contribution in [2.24, 2.45) is 0 Å². The Kier molecular flexibility index (Phi) is 6.78. The van der Waals surface area contributed by atoms with Gasteiger partial charge in [-0.15, -0.1) is 6.58 Å². The van der Waals surface area contributed by atoms with Crippen LogP contribution in [-0.4, -0.2) is 56.4 Å². The van der Waals surface area contributed by atoms with Gasteiger partial charge in [0.2, 0.25) is 15.9 Å². The van der Waals surface area contributed by atoms with Gasteiger partial charge in [0.1, 0.15) is 6.54 Å². The van der Waals surface area contributed by atoms with Gasteiger partial charge in [-0.2, -0.15) is 17.5 Å². The van der Waals surface area contributed by atoms with E-state index in [0.29, 0.717) is 4.90 Å². The fourth-order valence-corrected chi connectivity index (χ4v) is 3.26. The molecule has 0 aliphatic heterocycles. The highest BCUT2D eigenvalue weighted by Crippen LogP contribution is 2.19. The molecule has 0 atom stereocenters. The number of carbonyl (C=O) groups excluding carboxylic acids is 1. The number of amides is 1. The normalized spacial score (nSPS) is 12.3. The van der Waals surface area contributed by atoms with Gasteiger partial charge in [-0.25, -0.2) is 8.42 Å². The lowest BCUT2D eigenvalue weighted by Crippen LogP contribution is -2.45. The largest absolute Gasteiger partial charge is 0.406 e. The third kappa shape index (κ3) is 5.86. The number of rotatable bonds is 7. The second kappa shape index (κ2) is 8.01. The van der Waals surface area contributed by atoms with Crippen LogP contribution < -0.4 is 0 Å². The Morgan fingerprint density at radius 3 is 2.32 bits per heavy atom. The van der Waals surface area contributed by atoms with E-state index in [-0.39, 0.29) is 11.4 Å². The van der Waals surface area contributed by atoms with Gasteiger partial charge in [-0.3, -0.25) is 4.79 Å². The summed E-state index contributed by atoms with van der Waals surface area (Å²) >= 11 is 0. The maximum Gasteiger partial charge on any atom is 0.406 e. The van der Waals surface area contributed by atoms with Crippen molar-refractivity contribution in [2.75, 3.05) is 26.7 Å². The molecule has 1 rings (SSSR count). The second-order valence-electron chi connectivity index (χ2n) is 5.69. The highest BCUT2D eigenvalue weighted by atomic mass is 32.2. The Labute approximate surface area is 145 Å². The number of hydrogen-bond acceptors (Lipinski definition) is 3. The summed E-state index contributed by atoms with van der Waals surface area (Å²) in [5.74, 6) is -0.952. The summed E-state index contributed by atoms with van der Waals surface area (Å²) in [4.78, 5) is 12.6. The minimum Gasteiger partial charge on any atom is -0.329 e. The smallest absolute Gasteiger partial charge is 0.329 e. The van der Waals surface area contributed by atoms with Crippen LogP contribution in [0, 0.1) is 13.8 Å². The van der Waals surface area contributed by atoms with Gasteiger partial charge in [0.25, 0.3) is 0 Å². The quantitative estimate of drug-likeness (QED) is 0.685. The number of nitrogens with zero attached hydrogens (tertiary/aromatic N) is 2. The minimum absolute atomic E-state index is 0.0167. The van der Waals surface area contributed by atoms with E-state index in [1.165, 1.54) is 12.1 Å².